The minimum absolute atomic E-state index is 0.436. The van der Waals surface area contributed by atoms with Crippen LogP contribution in [0, 0.1) is 0 Å². The number of hydrogen-bond acceptors (Lipinski definition) is 2. The lowest BCUT2D eigenvalue weighted by Gasteiger charge is -2.28. The number of aromatic nitrogens is 1. The van der Waals surface area contributed by atoms with Crippen molar-refractivity contribution in [3.8, 4) is 5.75 Å². The molecule has 0 saturated carbocycles. The summed E-state index contributed by atoms with van der Waals surface area (Å²) in [4.78, 5) is 2.25. The van der Waals surface area contributed by atoms with Crippen LogP contribution in [-0.2, 0) is 0 Å². The third-order valence-corrected chi connectivity index (χ3v) is 3.88. The summed E-state index contributed by atoms with van der Waals surface area (Å²) in [5.41, 5.74) is 1.26. The summed E-state index contributed by atoms with van der Waals surface area (Å²) in [6.07, 6.45) is 2.16. The predicted molar refractivity (Wildman–Crippen MR) is 79.2 cm³/mol. The predicted octanol–water partition coefficient (Wildman–Crippen LogP) is 1.73. The number of benzene rings is 1. The molecule has 1 heterocycles. The number of rotatable bonds is 4. The summed E-state index contributed by atoms with van der Waals surface area (Å²) in [7, 11) is 8.20. The van der Waals surface area contributed by atoms with Gasteiger partial charge in [0, 0.05) is 29.1 Å². The molecule has 0 aliphatic carbocycles. The monoisotopic (exact) mass is 244 g/mol. The summed E-state index contributed by atoms with van der Waals surface area (Å²) in [6, 6.07) is 8.87. The third kappa shape index (κ3) is 2.25. The molecule has 1 aromatic carbocycles. The summed E-state index contributed by atoms with van der Waals surface area (Å²) < 4.78 is 7.59. The van der Waals surface area contributed by atoms with E-state index in [0.717, 1.165) is 5.75 Å². The molecule has 18 heavy (non-hydrogen) atoms. The van der Waals surface area contributed by atoms with Crippen molar-refractivity contribution < 1.29 is 4.74 Å². The van der Waals surface area contributed by atoms with Crippen LogP contribution < -0.4 is 4.74 Å². The Hall–Kier alpha value is -1.42. The molecule has 96 valence electrons. The van der Waals surface area contributed by atoms with E-state index in [1.54, 1.807) is 7.11 Å². The van der Waals surface area contributed by atoms with Crippen molar-refractivity contribution in [3.63, 3.8) is 0 Å². The summed E-state index contributed by atoms with van der Waals surface area (Å²) in [5, 5.41) is 1.23. The smallest absolute Gasteiger partial charge is 0.133 e. The minimum atomic E-state index is 0.436. The van der Waals surface area contributed by atoms with Crippen molar-refractivity contribution in [1.82, 2.24) is 9.47 Å². The standard InChI is InChI=1S/C14H21BN2O/c1-10(16(2)3)14(15)17-8-7-11-9-12(18-4)5-6-13(11)17/h5-10,14H,15H2,1-4H3/t10-,14+/m0/s1. The Bertz CT molecular complexity index is 536. The molecule has 0 N–H and O–H groups in total. The van der Waals surface area contributed by atoms with Crippen LogP contribution in [-0.4, -0.2) is 44.6 Å². The molecule has 2 atom stereocenters. The zero-order chi connectivity index (χ0) is 13.3. The molecule has 4 heteroatoms. The van der Waals surface area contributed by atoms with Crippen molar-refractivity contribution in [1.29, 1.82) is 0 Å². The van der Waals surface area contributed by atoms with Gasteiger partial charge in [-0.15, -0.1) is 0 Å². The first kappa shape index (κ1) is 13.0. The second kappa shape index (κ2) is 5.06. The second-order valence-corrected chi connectivity index (χ2v) is 5.09. The highest BCUT2D eigenvalue weighted by atomic mass is 16.5. The molecule has 3 nitrogen and oxygen atoms in total. The van der Waals surface area contributed by atoms with E-state index in [-0.39, 0.29) is 0 Å². The highest BCUT2D eigenvalue weighted by molar-refractivity contribution is 6.11. The number of methoxy groups -OCH3 is 1. The normalized spacial score (nSPS) is 14.9. The molecule has 0 aliphatic rings. The second-order valence-electron chi connectivity index (χ2n) is 5.09. The Labute approximate surface area is 110 Å². The zero-order valence-electron chi connectivity index (χ0n) is 11.8. The van der Waals surface area contributed by atoms with E-state index in [2.05, 4.69) is 62.7 Å². The molecule has 0 spiro atoms. The van der Waals surface area contributed by atoms with Gasteiger partial charge in [0.15, 0.2) is 0 Å². The van der Waals surface area contributed by atoms with E-state index < -0.39 is 0 Å². The van der Waals surface area contributed by atoms with Gasteiger partial charge in [-0.2, -0.15) is 0 Å². The molecular formula is C14H21BN2O. The Morgan fingerprint density at radius 2 is 2.00 bits per heavy atom. The van der Waals surface area contributed by atoms with E-state index >= 15 is 0 Å². The fraction of sp³-hybridized carbons (Fsp3) is 0.429. The molecule has 2 rings (SSSR count). The van der Waals surface area contributed by atoms with Crippen LogP contribution in [0.1, 0.15) is 12.9 Å². The lowest BCUT2D eigenvalue weighted by Crippen LogP contribution is -2.34. The van der Waals surface area contributed by atoms with Crippen molar-refractivity contribution in [2.24, 2.45) is 0 Å². The Balaban J connectivity index is 2.40. The largest absolute Gasteiger partial charge is 0.497 e. The SMILES string of the molecule is B[C@@H]([C@H](C)N(C)C)n1ccc2cc(OC)ccc21. The summed E-state index contributed by atoms with van der Waals surface area (Å²) >= 11 is 0. The fourth-order valence-electron chi connectivity index (χ4n) is 2.29. The average Bonchev–Trinajstić information content (AvgIpc) is 2.79. The highest BCUT2D eigenvalue weighted by Crippen LogP contribution is 2.25. The van der Waals surface area contributed by atoms with Crippen molar-refractivity contribution in [2.45, 2.75) is 18.9 Å². The van der Waals surface area contributed by atoms with Gasteiger partial charge in [0.2, 0.25) is 0 Å². The van der Waals surface area contributed by atoms with Crippen LogP contribution in [0.5, 0.6) is 5.75 Å². The molecule has 0 radical (unpaired) electrons. The minimum Gasteiger partial charge on any atom is -0.497 e. The number of fused-ring (bicyclic) bond motifs is 1. The van der Waals surface area contributed by atoms with Gasteiger partial charge >= 0.3 is 0 Å². The number of nitrogens with zero attached hydrogens (tertiary/aromatic N) is 2. The lowest BCUT2D eigenvalue weighted by atomic mass is 9.89. The van der Waals surface area contributed by atoms with Gasteiger partial charge < -0.3 is 14.2 Å². The number of likely N-dealkylation sites (N-methyl/N-ethyl adjacent to an activating group) is 1. The lowest BCUT2D eigenvalue weighted by molar-refractivity contribution is 0.277. The maximum atomic E-state index is 5.26. The van der Waals surface area contributed by atoms with Gasteiger partial charge in [-0.05, 0) is 45.3 Å². The first-order valence-electron chi connectivity index (χ1n) is 6.35. The number of ether oxygens (including phenoxy) is 1. The quantitative estimate of drug-likeness (QED) is 0.762. The Morgan fingerprint density at radius 3 is 2.61 bits per heavy atom. The third-order valence-electron chi connectivity index (χ3n) is 3.88. The molecule has 1 aromatic heterocycles. The van der Waals surface area contributed by atoms with Gasteiger partial charge in [-0.25, -0.2) is 0 Å². The molecule has 0 fully saturated rings. The number of hydrogen-bond donors (Lipinski definition) is 0. The van der Waals surface area contributed by atoms with Gasteiger partial charge in [-0.3, -0.25) is 0 Å². The van der Waals surface area contributed by atoms with E-state index in [4.69, 9.17) is 4.74 Å². The Kier molecular flexibility index (Phi) is 3.67. The maximum Gasteiger partial charge on any atom is 0.133 e. The van der Waals surface area contributed by atoms with Gasteiger partial charge in [0.1, 0.15) is 13.6 Å². The molecule has 0 bridgehead atoms. The van der Waals surface area contributed by atoms with E-state index in [0.29, 0.717) is 12.0 Å². The molecule has 0 unspecified atom stereocenters. The fourth-order valence-corrected chi connectivity index (χ4v) is 2.29. The van der Waals surface area contributed by atoms with Crippen molar-refractivity contribution in [3.05, 3.63) is 30.5 Å². The van der Waals surface area contributed by atoms with E-state index in [9.17, 15) is 0 Å². The first-order valence-corrected chi connectivity index (χ1v) is 6.35. The topological polar surface area (TPSA) is 17.4 Å². The Morgan fingerprint density at radius 1 is 1.28 bits per heavy atom. The van der Waals surface area contributed by atoms with E-state index in [1.165, 1.54) is 10.9 Å². The van der Waals surface area contributed by atoms with Crippen LogP contribution in [0.25, 0.3) is 10.9 Å². The molecule has 0 aliphatic heterocycles. The molecular weight excluding hydrogens is 223 g/mol. The highest BCUT2D eigenvalue weighted by Gasteiger charge is 2.17. The van der Waals surface area contributed by atoms with Crippen LogP contribution >= 0.6 is 0 Å². The van der Waals surface area contributed by atoms with Crippen LogP contribution in [0.3, 0.4) is 0 Å². The van der Waals surface area contributed by atoms with E-state index in [1.807, 2.05) is 6.07 Å². The summed E-state index contributed by atoms with van der Waals surface area (Å²) in [5.74, 6) is 1.35. The molecule has 0 amide bonds. The van der Waals surface area contributed by atoms with Gasteiger partial charge in [0.05, 0.1) is 7.11 Å². The van der Waals surface area contributed by atoms with Crippen LogP contribution in [0.15, 0.2) is 30.5 Å². The average molecular weight is 244 g/mol. The van der Waals surface area contributed by atoms with Crippen LogP contribution in [0.2, 0.25) is 0 Å². The molecule has 0 saturated heterocycles. The first-order chi connectivity index (χ1) is 8.54. The maximum absolute atomic E-state index is 5.26. The summed E-state index contributed by atoms with van der Waals surface area (Å²) in [6.45, 7) is 2.25. The van der Waals surface area contributed by atoms with Gasteiger partial charge in [0.25, 0.3) is 0 Å². The van der Waals surface area contributed by atoms with Gasteiger partial charge in [-0.1, -0.05) is 0 Å². The molecule has 2 aromatic rings. The van der Waals surface area contributed by atoms with Crippen molar-refractivity contribution in [2.75, 3.05) is 21.2 Å². The van der Waals surface area contributed by atoms with Crippen LogP contribution in [0.4, 0.5) is 0 Å². The zero-order valence-corrected chi connectivity index (χ0v) is 11.8. The van der Waals surface area contributed by atoms with Crippen molar-refractivity contribution >= 4 is 18.7 Å².